The molecular weight excluding hydrogens is 170 g/mol. The van der Waals surface area contributed by atoms with Crippen molar-refractivity contribution >= 4 is 0 Å². The summed E-state index contributed by atoms with van der Waals surface area (Å²) in [6, 6.07) is 1.85. The van der Waals surface area contributed by atoms with Crippen LogP contribution in [0.15, 0.2) is 0 Å². The molecule has 4 saturated carbocycles. The minimum Gasteiger partial charge on any atom is -0.311 e. The standard InChI is InChI=1S/C13H21N/c1-2-8-7-12(8)13(3-1)14-11-5-9-4-10(9)6-11/h8-14H,1-7H2/t8-,9?,10?,11?,12+,13?/m1/s1. The lowest BCUT2D eigenvalue weighted by molar-refractivity contribution is 0.311. The SMILES string of the molecule is C1CC(NC2CC3CC3C2)[C@H]2C[C@H]2C1. The van der Waals surface area contributed by atoms with E-state index < -0.39 is 0 Å². The second kappa shape index (κ2) is 2.75. The maximum absolute atomic E-state index is 3.97. The van der Waals surface area contributed by atoms with Crippen molar-refractivity contribution in [1.29, 1.82) is 0 Å². The predicted octanol–water partition coefficient (Wildman–Crippen LogP) is 2.56. The summed E-state index contributed by atoms with van der Waals surface area (Å²) >= 11 is 0. The first-order valence-corrected chi connectivity index (χ1v) is 6.66. The van der Waals surface area contributed by atoms with Crippen LogP contribution in [0.4, 0.5) is 0 Å². The molecule has 3 unspecified atom stereocenters. The number of fused-ring (bicyclic) bond motifs is 2. The molecule has 5 atom stereocenters. The lowest BCUT2D eigenvalue weighted by atomic mass is 9.94. The molecule has 4 rings (SSSR count). The van der Waals surface area contributed by atoms with Crippen LogP contribution < -0.4 is 5.32 Å². The molecule has 4 aliphatic rings. The second-order valence-corrected chi connectivity index (χ2v) is 6.29. The highest BCUT2D eigenvalue weighted by molar-refractivity contribution is 5.03. The average molecular weight is 191 g/mol. The largest absolute Gasteiger partial charge is 0.311 e. The van der Waals surface area contributed by atoms with Crippen molar-refractivity contribution in [1.82, 2.24) is 5.32 Å². The summed E-state index contributed by atoms with van der Waals surface area (Å²) in [6.45, 7) is 0. The van der Waals surface area contributed by atoms with Crippen molar-refractivity contribution in [3.63, 3.8) is 0 Å². The lowest BCUT2D eigenvalue weighted by Gasteiger charge is -2.27. The van der Waals surface area contributed by atoms with E-state index in [1.54, 1.807) is 19.3 Å². The van der Waals surface area contributed by atoms with Crippen molar-refractivity contribution in [2.45, 2.75) is 57.0 Å². The summed E-state index contributed by atoms with van der Waals surface area (Å²) < 4.78 is 0. The van der Waals surface area contributed by atoms with Gasteiger partial charge in [0.15, 0.2) is 0 Å². The highest BCUT2D eigenvalue weighted by atomic mass is 15.0. The van der Waals surface area contributed by atoms with E-state index in [-0.39, 0.29) is 0 Å². The van der Waals surface area contributed by atoms with Crippen molar-refractivity contribution in [2.75, 3.05) is 0 Å². The highest BCUT2D eigenvalue weighted by Crippen LogP contribution is 2.53. The molecule has 1 nitrogen and oxygen atoms in total. The molecule has 14 heavy (non-hydrogen) atoms. The van der Waals surface area contributed by atoms with Crippen LogP contribution in [0.3, 0.4) is 0 Å². The monoisotopic (exact) mass is 191 g/mol. The van der Waals surface area contributed by atoms with Gasteiger partial charge in [0, 0.05) is 12.1 Å². The highest BCUT2D eigenvalue weighted by Gasteiger charge is 2.49. The maximum atomic E-state index is 3.97. The van der Waals surface area contributed by atoms with E-state index in [1.165, 1.54) is 25.7 Å². The average Bonchev–Trinajstić information content (AvgIpc) is 3.06. The smallest absolute Gasteiger partial charge is 0.0101 e. The van der Waals surface area contributed by atoms with E-state index in [9.17, 15) is 0 Å². The Morgan fingerprint density at radius 2 is 1.64 bits per heavy atom. The Bertz CT molecular complexity index is 240. The first-order valence-electron chi connectivity index (χ1n) is 6.66. The van der Waals surface area contributed by atoms with Gasteiger partial charge in [-0.15, -0.1) is 0 Å². The Morgan fingerprint density at radius 3 is 2.50 bits per heavy atom. The molecule has 0 aromatic carbocycles. The zero-order chi connectivity index (χ0) is 9.12. The Morgan fingerprint density at radius 1 is 0.786 bits per heavy atom. The molecule has 0 aromatic rings. The molecule has 0 radical (unpaired) electrons. The third kappa shape index (κ3) is 1.25. The van der Waals surface area contributed by atoms with E-state index in [0.29, 0.717) is 0 Å². The zero-order valence-corrected chi connectivity index (χ0v) is 8.91. The van der Waals surface area contributed by atoms with Gasteiger partial charge in [-0.05, 0) is 55.8 Å². The summed E-state index contributed by atoms with van der Waals surface area (Å²) in [5, 5.41) is 3.97. The Labute approximate surface area is 86.6 Å². The van der Waals surface area contributed by atoms with Crippen LogP contribution in [0.25, 0.3) is 0 Å². The number of nitrogens with one attached hydrogen (secondary N) is 1. The van der Waals surface area contributed by atoms with Gasteiger partial charge in [-0.2, -0.15) is 0 Å². The molecule has 0 aliphatic heterocycles. The Hall–Kier alpha value is -0.0400. The third-order valence-corrected chi connectivity index (χ3v) is 5.28. The summed E-state index contributed by atoms with van der Waals surface area (Å²) in [5.41, 5.74) is 0. The normalized spacial score (nSPS) is 59.1. The van der Waals surface area contributed by atoms with Crippen LogP contribution in [0.1, 0.15) is 44.9 Å². The van der Waals surface area contributed by atoms with Crippen LogP contribution in [0.2, 0.25) is 0 Å². The molecular formula is C13H21N. The van der Waals surface area contributed by atoms with Gasteiger partial charge in [0.2, 0.25) is 0 Å². The van der Waals surface area contributed by atoms with E-state index in [0.717, 1.165) is 35.8 Å². The molecule has 0 amide bonds. The predicted molar refractivity (Wildman–Crippen MR) is 57.0 cm³/mol. The number of hydrogen-bond donors (Lipinski definition) is 1. The fourth-order valence-corrected chi connectivity index (χ4v) is 4.27. The van der Waals surface area contributed by atoms with E-state index in [4.69, 9.17) is 0 Å². The quantitative estimate of drug-likeness (QED) is 0.707. The van der Waals surface area contributed by atoms with Crippen LogP contribution in [0, 0.1) is 23.7 Å². The molecule has 4 fully saturated rings. The topological polar surface area (TPSA) is 12.0 Å². The van der Waals surface area contributed by atoms with Gasteiger partial charge in [-0.3, -0.25) is 0 Å². The summed E-state index contributed by atoms with van der Waals surface area (Å²) in [5.74, 6) is 4.52. The molecule has 0 heterocycles. The molecule has 1 N–H and O–H groups in total. The van der Waals surface area contributed by atoms with Gasteiger partial charge in [-0.25, -0.2) is 0 Å². The van der Waals surface area contributed by atoms with Gasteiger partial charge >= 0.3 is 0 Å². The van der Waals surface area contributed by atoms with Gasteiger partial charge < -0.3 is 5.32 Å². The van der Waals surface area contributed by atoms with Gasteiger partial charge in [-0.1, -0.05) is 12.8 Å². The summed E-state index contributed by atoms with van der Waals surface area (Å²) in [6.07, 6.45) is 10.7. The number of hydrogen-bond acceptors (Lipinski definition) is 1. The van der Waals surface area contributed by atoms with Crippen molar-refractivity contribution < 1.29 is 0 Å². The van der Waals surface area contributed by atoms with Crippen molar-refractivity contribution in [2.24, 2.45) is 23.7 Å². The van der Waals surface area contributed by atoms with Gasteiger partial charge in [0.1, 0.15) is 0 Å². The van der Waals surface area contributed by atoms with Crippen LogP contribution in [0.5, 0.6) is 0 Å². The third-order valence-electron chi connectivity index (χ3n) is 5.28. The molecule has 78 valence electrons. The fourth-order valence-electron chi connectivity index (χ4n) is 4.27. The maximum Gasteiger partial charge on any atom is 0.0101 e. The fraction of sp³-hybridized carbons (Fsp3) is 1.00. The van der Waals surface area contributed by atoms with Gasteiger partial charge in [0.25, 0.3) is 0 Å². The molecule has 0 bridgehead atoms. The Kier molecular flexibility index (Phi) is 1.60. The first kappa shape index (κ1) is 8.15. The zero-order valence-electron chi connectivity index (χ0n) is 8.91. The van der Waals surface area contributed by atoms with E-state index >= 15 is 0 Å². The molecule has 4 aliphatic carbocycles. The number of rotatable bonds is 2. The van der Waals surface area contributed by atoms with Crippen LogP contribution in [-0.2, 0) is 0 Å². The summed E-state index contributed by atoms with van der Waals surface area (Å²) in [7, 11) is 0. The molecule has 1 heteroatoms. The van der Waals surface area contributed by atoms with Crippen molar-refractivity contribution in [3.05, 3.63) is 0 Å². The van der Waals surface area contributed by atoms with Gasteiger partial charge in [0.05, 0.1) is 0 Å². The first-order chi connectivity index (χ1) is 6.90. The van der Waals surface area contributed by atoms with E-state index in [1.807, 2.05) is 0 Å². The van der Waals surface area contributed by atoms with Crippen LogP contribution >= 0.6 is 0 Å². The van der Waals surface area contributed by atoms with Crippen molar-refractivity contribution in [3.8, 4) is 0 Å². The summed E-state index contributed by atoms with van der Waals surface area (Å²) in [4.78, 5) is 0. The Balaban J connectivity index is 1.36. The molecule has 0 aromatic heterocycles. The molecule has 0 saturated heterocycles. The lowest BCUT2D eigenvalue weighted by Crippen LogP contribution is -2.40. The second-order valence-electron chi connectivity index (χ2n) is 6.29. The molecule has 0 spiro atoms. The van der Waals surface area contributed by atoms with E-state index in [2.05, 4.69) is 5.32 Å². The minimum absolute atomic E-state index is 0.920. The van der Waals surface area contributed by atoms with Crippen LogP contribution in [-0.4, -0.2) is 12.1 Å². The minimum atomic E-state index is 0.920.